The van der Waals surface area contributed by atoms with E-state index in [0.29, 0.717) is 17.8 Å². The quantitative estimate of drug-likeness (QED) is 0.351. The van der Waals surface area contributed by atoms with Crippen molar-refractivity contribution in [3.05, 3.63) is 71.0 Å². The first-order valence-electron chi connectivity index (χ1n) is 11.7. The number of hydrogen-bond donors (Lipinski definition) is 1. The Balaban J connectivity index is 1.45. The number of nitrogens with zero attached hydrogens (tertiary/aromatic N) is 3. The number of hydrogen-bond acceptors (Lipinski definition) is 4. The number of aryl methyl sites for hydroxylation is 1. The average molecular weight is 501 g/mol. The molecule has 4 rings (SSSR count). The van der Waals surface area contributed by atoms with Crippen LogP contribution in [0.25, 0.3) is 17.0 Å². The molecule has 1 fully saturated rings. The number of alkyl halides is 3. The van der Waals surface area contributed by atoms with Crippen molar-refractivity contribution < 1.29 is 22.4 Å². The summed E-state index contributed by atoms with van der Waals surface area (Å²) in [5.74, 6) is -0.641. The molecule has 9 heteroatoms. The Kier molecular flexibility index (Phi) is 7.31. The number of benzene rings is 2. The first-order chi connectivity index (χ1) is 17.0. The van der Waals surface area contributed by atoms with Gasteiger partial charge in [-0.15, -0.1) is 0 Å². The van der Waals surface area contributed by atoms with Gasteiger partial charge in [0.05, 0.1) is 11.1 Å². The molecule has 1 aliphatic rings. The molecule has 36 heavy (non-hydrogen) atoms. The van der Waals surface area contributed by atoms with Gasteiger partial charge in [0, 0.05) is 41.8 Å². The SMILES string of the molecule is Cc1cc(N2CCC(N(C)C)CC2)nc2ccc(NC(=O)/C=C/c3ccc(C(F)(F)F)cc3F)cc12. The number of nitrogens with one attached hydrogen (secondary N) is 1. The molecule has 190 valence electrons. The molecule has 0 spiro atoms. The lowest BCUT2D eigenvalue weighted by molar-refractivity contribution is -0.137. The molecule has 2 aromatic carbocycles. The zero-order chi connectivity index (χ0) is 26.0. The minimum absolute atomic E-state index is 0.112. The lowest BCUT2D eigenvalue weighted by Gasteiger charge is -2.36. The molecule has 1 amide bonds. The third kappa shape index (κ3) is 5.84. The number of carbonyl (C=O) groups is 1. The van der Waals surface area contributed by atoms with Gasteiger partial charge in [-0.2, -0.15) is 13.2 Å². The molecule has 3 aromatic rings. The van der Waals surface area contributed by atoms with E-state index >= 15 is 0 Å². The Labute approximate surface area is 207 Å². The third-order valence-corrected chi connectivity index (χ3v) is 6.53. The van der Waals surface area contributed by atoms with Gasteiger partial charge in [-0.05, 0) is 81.9 Å². The maximum Gasteiger partial charge on any atom is 0.416 e. The zero-order valence-electron chi connectivity index (χ0n) is 20.4. The Bertz CT molecular complexity index is 1290. The van der Waals surface area contributed by atoms with Gasteiger partial charge in [-0.25, -0.2) is 9.37 Å². The average Bonchev–Trinajstić information content (AvgIpc) is 2.83. The number of halogens is 4. The number of pyridine rings is 1. The van der Waals surface area contributed by atoms with Crippen LogP contribution in [-0.2, 0) is 11.0 Å². The van der Waals surface area contributed by atoms with E-state index in [1.807, 2.05) is 19.1 Å². The Morgan fingerprint density at radius 3 is 2.47 bits per heavy atom. The molecular weight excluding hydrogens is 472 g/mol. The summed E-state index contributed by atoms with van der Waals surface area (Å²) in [6.07, 6.45) is -0.236. The fraction of sp³-hybridized carbons (Fsp3) is 0.333. The lowest BCUT2D eigenvalue weighted by Crippen LogP contribution is -2.42. The zero-order valence-corrected chi connectivity index (χ0v) is 20.4. The highest BCUT2D eigenvalue weighted by Crippen LogP contribution is 2.31. The number of carbonyl (C=O) groups excluding carboxylic acids is 1. The predicted octanol–water partition coefficient (Wildman–Crippen LogP) is 5.88. The summed E-state index contributed by atoms with van der Waals surface area (Å²) in [6.45, 7) is 3.89. The number of aromatic nitrogens is 1. The molecule has 0 saturated carbocycles. The second-order valence-corrected chi connectivity index (χ2v) is 9.27. The maximum absolute atomic E-state index is 14.0. The summed E-state index contributed by atoms with van der Waals surface area (Å²) in [6, 6.07) is 10.2. The molecule has 1 N–H and O–H groups in total. The molecule has 0 bridgehead atoms. The van der Waals surface area contributed by atoms with Crippen molar-refractivity contribution in [1.29, 1.82) is 0 Å². The number of rotatable bonds is 5. The largest absolute Gasteiger partial charge is 0.416 e. The van der Waals surface area contributed by atoms with E-state index in [2.05, 4.69) is 35.3 Å². The molecule has 1 aliphatic heterocycles. The summed E-state index contributed by atoms with van der Waals surface area (Å²) >= 11 is 0. The van der Waals surface area contributed by atoms with E-state index in [4.69, 9.17) is 4.98 Å². The van der Waals surface area contributed by atoms with E-state index in [1.54, 1.807) is 6.07 Å². The third-order valence-electron chi connectivity index (χ3n) is 6.53. The number of amides is 1. The van der Waals surface area contributed by atoms with Crippen LogP contribution in [0.1, 0.15) is 29.5 Å². The minimum Gasteiger partial charge on any atom is -0.356 e. The van der Waals surface area contributed by atoms with Gasteiger partial charge in [0.1, 0.15) is 11.6 Å². The summed E-state index contributed by atoms with van der Waals surface area (Å²) in [5, 5.41) is 3.61. The lowest BCUT2D eigenvalue weighted by atomic mass is 10.0. The Morgan fingerprint density at radius 1 is 1.11 bits per heavy atom. The first kappa shape index (κ1) is 25.6. The summed E-state index contributed by atoms with van der Waals surface area (Å²) < 4.78 is 52.1. The standard InChI is InChI=1S/C27H28F4N4O/c1-17-14-25(35-12-10-21(11-13-35)34(2)3)33-24-8-7-20(16-22(17)24)32-26(36)9-5-18-4-6-19(15-23(18)28)27(29,30)31/h4-9,14-16,21H,10-13H2,1-3H3,(H,32,36)/b9-5+. The van der Waals surface area contributed by atoms with Crippen LogP contribution in [0, 0.1) is 12.7 Å². The van der Waals surface area contributed by atoms with Crippen LogP contribution in [0.4, 0.5) is 29.1 Å². The summed E-state index contributed by atoms with van der Waals surface area (Å²) in [7, 11) is 4.22. The first-order valence-corrected chi connectivity index (χ1v) is 11.7. The van der Waals surface area contributed by atoms with Crippen LogP contribution in [-0.4, -0.2) is 49.0 Å². The number of fused-ring (bicyclic) bond motifs is 1. The van der Waals surface area contributed by atoms with Gasteiger partial charge in [-0.1, -0.05) is 6.07 Å². The van der Waals surface area contributed by atoms with E-state index in [-0.39, 0.29) is 5.56 Å². The monoisotopic (exact) mass is 500 g/mol. The van der Waals surface area contributed by atoms with Crippen LogP contribution >= 0.6 is 0 Å². The van der Waals surface area contributed by atoms with Crippen molar-refractivity contribution in [2.45, 2.75) is 32.0 Å². The van der Waals surface area contributed by atoms with E-state index in [1.165, 1.54) is 0 Å². The van der Waals surface area contributed by atoms with Crippen molar-refractivity contribution in [3.8, 4) is 0 Å². The van der Waals surface area contributed by atoms with Gasteiger partial charge in [-0.3, -0.25) is 4.79 Å². The Morgan fingerprint density at radius 2 is 1.83 bits per heavy atom. The fourth-order valence-corrected chi connectivity index (χ4v) is 4.42. The minimum atomic E-state index is -4.63. The summed E-state index contributed by atoms with van der Waals surface area (Å²) in [4.78, 5) is 21.7. The molecule has 0 radical (unpaired) electrons. The van der Waals surface area contributed by atoms with Gasteiger partial charge < -0.3 is 15.1 Å². The number of anilines is 2. The van der Waals surface area contributed by atoms with Crippen LogP contribution in [0.15, 0.2) is 48.5 Å². The number of piperidine rings is 1. The highest BCUT2D eigenvalue weighted by atomic mass is 19.4. The smallest absolute Gasteiger partial charge is 0.356 e. The van der Waals surface area contributed by atoms with Crippen molar-refractivity contribution in [2.24, 2.45) is 0 Å². The van der Waals surface area contributed by atoms with Gasteiger partial charge in [0.25, 0.3) is 0 Å². The molecule has 1 aromatic heterocycles. The molecule has 0 aliphatic carbocycles. The van der Waals surface area contributed by atoms with Crippen molar-refractivity contribution >= 4 is 34.4 Å². The molecule has 0 unspecified atom stereocenters. The van der Waals surface area contributed by atoms with Crippen molar-refractivity contribution in [3.63, 3.8) is 0 Å². The molecule has 2 heterocycles. The summed E-state index contributed by atoms with van der Waals surface area (Å²) in [5.41, 5.74) is 1.19. The predicted molar refractivity (Wildman–Crippen MR) is 134 cm³/mol. The van der Waals surface area contributed by atoms with Crippen LogP contribution in [0.5, 0.6) is 0 Å². The second kappa shape index (κ2) is 10.3. The van der Waals surface area contributed by atoms with Crippen LogP contribution in [0.3, 0.4) is 0 Å². The van der Waals surface area contributed by atoms with Gasteiger partial charge >= 0.3 is 6.18 Å². The maximum atomic E-state index is 14.0. The molecular formula is C27H28F4N4O. The van der Waals surface area contributed by atoms with Crippen molar-refractivity contribution in [1.82, 2.24) is 9.88 Å². The normalized spacial score (nSPS) is 15.3. The van der Waals surface area contributed by atoms with Crippen LogP contribution in [0.2, 0.25) is 0 Å². The van der Waals surface area contributed by atoms with E-state index in [0.717, 1.165) is 72.5 Å². The van der Waals surface area contributed by atoms with Crippen molar-refractivity contribution in [2.75, 3.05) is 37.4 Å². The van der Waals surface area contributed by atoms with Crippen LogP contribution < -0.4 is 10.2 Å². The molecule has 0 atom stereocenters. The highest BCUT2D eigenvalue weighted by Gasteiger charge is 2.31. The Hall–Kier alpha value is -3.46. The van der Waals surface area contributed by atoms with E-state index in [9.17, 15) is 22.4 Å². The van der Waals surface area contributed by atoms with E-state index < -0.39 is 23.5 Å². The molecule has 1 saturated heterocycles. The fourth-order valence-electron chi connectivity index (χ4n) is 4.42. The topological polar surface area (TPSA) is 48.5 Å². The molecule has 5 nitrogen and oxygen atoms in total. The second-order valence-electron chi connectivity index (χ2n) is 9.27. The van der Waals surface area contributed by atoms with Gasteiger partial charge in [0.15, 0.2) is 0 Å². The highest BCUT2D eigenvalue weighted by molar-refractivity contribution is 6.03. The van der Waals surface area contributed by atoms with Gasteiger partial charge in [0.2, 0.25) is 5.91 Å².